The zero-order chi connectivity index (χ0) is 12.8. The second kappa shape index (κ2) is 8.01. The van der Waals surface area contributed by atoms with Crippen LogP contribution in [-0.4, -0.2) is 29.4 Å². The molecular weight excluding hydrogens is 343 g/mol. The fraction of sp³-hybridized carbons (Fsp3) is 1.00. The average Bonchev–Trinajstić information content (AvgIpc) is 2.16. The Morgan fingerprint density at radius 3 is 1.69 bits per heavy atom. The largest absolute Gasteiger partial charge is 0.348 e. The predicted molar refractivity (Wildman–Crippen MR) is 71.9 cm³/mol. The summed E-state index contributed by atoms with van der Waals surface area (Å²) in [4.78, 5) is 0. The fourth-order valence-corrected chi connectivity index (χ4v) is 1.44. The Morgan fingerprint density at radius 2 is 1.44 bits per heavy atom. The summed E-state index contributed by atoms with van der Waals surface area (Å²) in [5.74, 6) is 0.701. The Morgan fingerprint density at radius 1 is 1.06 bits per heavy atom. The van der Waals surface area contributed by atoms with Crippen molar-refractivity contribution in [3.05, 3.63) is 0 Å². The molecule has 0 bridgehead atoms. The lowest BCUT2D eigenvalue weighted by atomic mass is 10.2. The number of hydrogen-bond acceptors (Lipinski definition) is 2. The standard InChI is InChI=1S/C11H21Br2FO2/c1-8(2)5-15-10(11(13,14)7-12)16-6-9(3)4/h8-10H,5-7H2,1-4H3. The average molecular weight is 364 g/mol. The molecule has 0 heterocycles. The third-order valence-corrected chi connectivity index (χ3v) is 3.91. The highest BCUT2D eigenvalue weighted by Gasteiger charge is 2.37. The summed E-state index contributed by atoms with van der Waals surface area (Å²) in [6.45, 7) is 9.02. The molecule has 0 N–H and O–H groups in total. The highest BCUT2D eigenvalue weighted by Crippen LogP contribution is 2.30. The van der Waals surface area contributed by atoms with Crippen molar-refractivity contribution in [3.63, 3.8) is 0 Å². The van der Waals surface area contributed by atoms with E-state index in [-0.39, 0.29) is 5.33 Å². The quantitative estimate of drug-likeness (QED) is 0.477. The van der Waals surface area contributed by atoms with Crippen LogP contribution in [0.25, 0.3) is 0 Å². The molecule has 0 aromatic rings. The van der Waals surface area contributed by atoms with Crippen LogP contribution in [0.5, 0.6) is 0 Å². The first-order valence-corrected chi connectivity index (χ1v) is 7.38. The topological polar surface area (TPSA) is 18.5 Å². The molecule has 0 aromatic carbocycles. The number of hydrogen-bond donors (Lipinski definition) is 0. The fourth-order valence-electron chi connectivity index (χ4n) is 0.915. The maximum atomic E-state index is 14.0. The lowest BCUT2D eigenvalue weighted by Gasteiger charge is -2.28. The molecule has 0 spiro atoms. The van der Waals surface area contributed by atoms with E-state index >= 15 is 0 Å². The minimum Gasteiger partial charge on any atom is -0.348 e. The van der Waals surface area contributed by atoms with Crippen molar-refractivity contribution in [2.45, 2.75) is 38.6 Å². The zero-order valence-electron chi connectivity index (χ0n) is 10.3. The second-order valence-electron chi connectivity index (χ2n) is 4.68. The van der Waals surface area contributed by atoms with Crippen LogP contribution in [0.3, 0.4) is 0 Å². The van der Waals surface area contributed by atoms with E-state index < -0.39 is 10.9 Å². The van der Waals surface area contributed by atoms with Crippen LogP contribution in [-0.2, 0) is 9.47 Å². The maximum Gasteiger partial charge on any atom is 0.224 e. The Labute approximate surface area is 115 Å². The molecule has 0 aliphatic carbocycles. The predicted octanol–water partition coefficient (Wildman–Crippen LogP) is 4.11. The van der Waals surface area contributed by atoms with Gasteiger partial charge in [0.15, 0.2) is 0 Å². The van der Waals surface area contributed by atoms with E-state index in [0.29, 0.717) is 25.0 Å². The summed E-state index contributed by atoms with van der Waals surface area (Å²) in [6, 6.07) is 0. The molecule has 1 atom stereocenters. The van der Waals surface area contributed by atoms with Gasteiger partial charge in [-0.05, 0) is 27.8 Å². The molecule has 5 heteroatoms. The van der Waals surface area contributed by atoms with E-state index in [1.807, 2.05) is 27.7 Å². The number of alkyl halides is 3. The summed E-state index contributed by atoms with van der Waals surface area (Å²) in [6.07, 6.45) is -0.878. The van der Waals surface area contributed by atoms with Gasteiger partial charge in [0.25, 0.3) is 0 Å². The van der Waals surface area contributed by atoms with Crippen LogP contribution in [0, 0.1) is 11.8 Å². The molecule has 0 radical (unpaired) electrons. The molecule has 0 amide bonds. The monoisotopic (exact) mass is 362 g/mol. The minimum absolute atomic E-state index is 0.126. The second-order valence-corrected chi connectivity index (χ2v) is 6.56. The van der Waals surface area contributed by atoms with Gasteiger partial charge in [0.2, 0.25) is 10.9 Å². The van der Waals surface area contributed by atoms with E-state index in [4.69, 9.17) is 9.47 Å². The van der Waals surface area contributed by atoms with Crippen LogP contribution in [0.1, 0.15) is 27.7 Å². The number of rotatable bonds is 8. The Hall–Kier alpha value is 0.810. The molecule has 0 saturated carbocycles. The van der Waals surface area contributed by atoms with Gasteiger partial charge in [0.05, 0.1) is 18.5 Å². The third kappa shape index (κ3) is 7.20. The minimum atomic E-state index is -1.68. The zero-order valence-corrected chi connectivity index (χ0v) is 13.5. The summed E-state index contributed by atoms with van der Waals surface area (Å²) >= 11 is 6.09. The first-order valence-electron chi connectivity index (χ1n) is 5.46. The van der Waals surface area contributed by atoms with Crippen molar-refractivity contribution in [1.29, 1.82) is 0 Å². The molecule has 0 aliphatic rings. The van der Waals surface area contributed by atoms with Crippen LogP contribution in [0.15, 0.2) is 0 Å². The highest BCUT2D eigenvalue weighted by atomic mass is 79.9. The molecule has 0 saturated heterocycles. The van der Waals surface area contributed by atoms with Crippen molar-refractivity contribution in [1.82, 2.24) is 0 Å². The Kier molecular flexibility index (Phi) is 8.41. The summed E-state index contributed by atoms with van der Waals surface area (Å²) in [5.41, 5.74) is 0. The third-order valence-electron chi connectivity index (χ3n) is 1.68. The smallest absolute Gasteiger partial charge is 0.224 e. The van der Waals surface area contributed by atoms with Gasteiger partial charge >= 0.3 is 0 Å². The summed E-state index contributed by atoms with van der Waals surface area (Å²) in [7, 11) is 0. The van der Waals surface area contributed by atoms with Crippen molar-refractivity contribution in [3.8, 4) is 0 Å². The van der Waals surface area contributed by atoms with Crippen LogP contribution in [0.2, 0.25) is 0 Å². The van der Waals surface area contributed by atoms with E-state index in [2.05, 4.69) is 31.9 Å². The first kappa shape index (κ1) is 16.8. The van der Waals surface area contributed by atoms with E-state index in [1.54, 1.807) is 0 Å². The molecule has 16 heavy (non-hydrogen) atoms. The van der Waals surface area contributed by atoms with Gasteiger partial charge in [-0.3, -0.25) is 0 Å². The van der Waals surface area contributed by atoms with Gasteiger partial charge in [0, 0.05) is 0 Å². The van der Waals surface area contributed by atoms with E-state index in [9.17, 15) is 4.39 Å². The lowest BCUT2D eigenvalue weighted by Crippen LogP contribution is -2.39. The Balaban J connectivity index is 4.27. The summed E-state index contributed by atoms with van der Waals surface area (Å²) < 4.78 is 23.2. The number of halogens is 3. The van der Waals surface area contributed by atoms with Crippen LogP contribution < -0.4 is 0 Å². The molecule has 0 fully saturated rings. The summed E-state index contributed by atoms with van der Waals surface area (Å²) in [5, 5.41) is 0.126. The molecule has 0 rings (SSSR count). The van der Waals surface area contributed by atoms with Gasteiger partial charge in [-0.1, -0.05) is 43.6 Å². The van der Waals surface area contributed by atoms with E-state index in [1.165, 1.54) is 0 Å². The first-order chi connectivity index (χ1) is 7.29. The van der Waals surface area contributed by atoms with Gasteiger partial charge < -0.3 is 9.47 Å². The SMILES string of the molecule is CC(C)COC(OCC(C)C)C(F)(Br)CBr. The van der Waals surface area contributed by atoms with Gasteiger partial charge in [-0.25, -0.2) is 4.39 Å². The lowest BCUT2D eigenvalue weighted by molar-refractivity contribution is -0.188. The van der Waals surface area contributed by atoms with Crippen molar-refractivity contribution in [2.24, 2.45) is 11.8 Å². The molecule has 0 aromatic heterocycles. The van der Waals surface area contributed by atoms with Crippen LogP contribution >= 0.6 is 31.9 Å². The van der Waals surface area contributed by atoms with Gasteiger partial charge in [-0.15, -0.1) is 0 Å². The Bertz CT molecular complexity index is 175. The van der Waals surface area contributed by atoms with Crippen molar-refractivity contribution in [2.75, 3.05) is 18.5 Å². The van der Waals surface area contributed by atoms with E-state index in [0.717, 1.165) is 0 Å². The number of ether oxygens (including phenoxy) is 2. The van der Waals surface area contributed by atoms with Crippen molar-refractivity contribution >= 4 is 31.9 Å². The molecule has 2 nitrogen and oxygen atoms in total. The maximum absolute atomic E-state index is 14.0. The normalized spacial score (nSPS) is 16.1. The van der Waals surface area contributed by atoms with Crippen LogP contribution in [0.4, 0.5) is 4.39 Å². The van der Waals surface area contributed by atoms with Crippen molar-refractivity contribution < 1.29 is 13.9 Å². The highest BCUT2D eigenvalue weighted by molar-refractivity contribution is 9.12. The molecule has 0 aliphatic heterocycles. The van der Waals surface area contributed by atoms with Gasteiger partial charge in [0.1, 0.15) is 0 Å². The molecular formula is C11H21Br2FO2. The molecule has 1 unspecified atom stereocenters. The molecule has 98 valence electrons. The van der Waals surface area contributed by atoms with Gasteiger partial charge in [-0.2, -0.15) is 0 Å².